The van der Waals surface area contributed by atoms with Crippen LogP contribution in [0.4, 0.5) is 0 Å². The van der Waals surface area contributed by atoms with Gasteiger partial charge in [-0.25, -0.2) is 0 Å². The van der Waals surface area contributed by atoms with Crippen LogP contribution in [-0.2, 0) is 4.79 Å². The third-order valence-electron chi connectivity index (χ3n) is 6.98. The first-order valence-corrected chi connectivity index (χ1v) is 12.9. The lowest BCUT2D eigenvalue weighted by Gasteiger charge is -2.13. The zero-order valence-corrected chi connectivity index (χ0v) is 23.3. The molecule has 5 rings (SSSR count). The fourth-order valence-corrected chi connectivity index (χ4v) is 5.13. The number of fused-ring (bicyclic) bond motifs is 3. The average Bonchev–Trinajstić information content (AvgIpc) is 3.38. The van der Waals surface area contributed by atoms with Crippen molar-refractivity contribution in [2.24, 2.45) is 0 Å². The molecule has 1 N–H and O–H groups in total. The number of methoxy groups -OCH3 is 4. The third kappa shape index (κ3) is 4.74. The Morgan fingerprint density at radius 1 is 0.780 bits per heavy atom. The van der Waals surface area contributed by atoms with Crippen LogP contribution in [0.2, 0.25) is 0 Å². The maximum absolute atomic E-state index is 13.9. The zero-order chi connectivity index (χ0) is 29.1. The molecule has 0 bridgehead atoms. The highest BCUT2D eigenvalue weighted by molar-refractivity contribution is 6.44. The Morgan fingerprint density at radius 3 is 2.10 bits per heavy atom. The van der Waals surface area contributed by atoms with Gasteiger partial charge >= 0.3 is 0 Å². The standard InChI is InChI=1S/C33H30N2O6/c1-6-15-34-33(37)32(36)31-28(20-10-8-7-9-11-20)29(22-12-13-24(38-2)25(18-22)39-3)30-23-19-27(41-5)26(40-4)17-21(23)14-16-35(30)31/h6-14,16-19H,1,15H2,2-5H3,(H,34,37). The average molecular weight is 551 g/mol. The summed E-state index contributed by atoms with van der Waals surface area (Å²) in [5.41, 5.74) is 3.85. The normalized spacial score (nSPS) is 10.8. The van der Waals surface area contributed by atoms with Gasteiger partial charge in [-0.3, -0.25) is 9.59 Å². The Hall–Kier alpha value is -5.24. The van der Waals surface area contributed by atoms with Gasteiger partial charge in [-0.15, -0.1) is 6.58 Å². The van der Waals surface area contributed by atoms with Crippen molar-refractivity contribution < 1.29 is 28.5 Å². The highest BCUT2D eigenvalue weighted by Gasteiger charge is 2.30. The van der Waals surface area contributed by atoms with Crippen LogP contribution in [0.25, 0.3) is 38.5 Å². The number of ether oxygens (including phenoxy) is 4. The van der Waals surface area contributed by atoms with Gasteiger partial charge in [0.1, 0.15) is 5.69 Å². The van der Waals surface area contributed by atoms with E-state index < -0.39 is 11.7 Å². The van der Waals surface area contributed by atoms with E-state index in [0.717, 1.165) is 33.0 Å². The van der Waals surface area contributed by atoms with Crippen molar-refractivity contribution in [1.29, 1.82) is 0 Å². The van der Waals surface area contributed by atoms with Crippen molar-refractivity contribution in [1.82, 2.24) is 9.72 Å². The first-order chi connectivity index (χ1) is 20.0. The predicted molar refractivity (Wildman–Crippen MR) is 160 cm³/mol. The Labute approximate surface area is 237 Å². The number of rotatable bonds is 10. The third-order valence-corrected chi connectivity index (χ3v) is 6.98. The summed E-state index contributed by atoms with van der Waals surface area (Å²) in [4.78, 5) is 27.0. The van der Waals surface area contributed by atoms with Crippen molar-refractivity contribution in [3.63, 3.8) is 0 Å². The first-order valence-electron chi connectivity index (χ1n) is 12.9. The topological polar surface area (TPSA) is 87.5 Å². The van der Waals surface area contributed by atoms with E-state index in [1.807, 2.05) is 66.7 Å². The maximum Gasteiger partial charge on any atom is 0.294 e. The molecule has 0 aliphatic carbocycles. The number of ketones is 1. The highest BCUT2D eigenvalue weighted by Crippen LogP contribution is 2.46. The van der Waals surface area contributed by atoms with Crippen LogP contribution in [0, 0.1) is 0 Å². The molecule has 0 unspecified atom stereocenters. The van der Waals surface area contributed by atoms with Gasteiger partial charge in [0.2, 0.25) is 0 Å². The minimum atomic E-state index is -0.729. The fraction of sp³-hybridized carbons (Fsp3) is 0.152. The molecule has 0 fully saturated rings. The number of pyridine rings is 1. The summed E-state index contributed by atoms with van der Waals surface area (Å²) >= 11 is 0. The van der Waals surface area contributed by atoms with Crippen LogP contribution in [0.15, 0.2) is 85.6 Å². The van der Waals surface area contributed by atoms with E-state index in [0.29, 0.717) is 28.6 Å². The van der Waals surface area contributed by atoms with Crippen LogP contribution in [0.5, 0.6) is 23.0 Å². The molecule has 2 heterocycles. The second-order valence-corrected chi connectivity index (χ2v) is 9.19. The van der Waals surface area contributed by atoms with Gasteiger partial charge in [-0.05, 0) is 46.8 Å². The van der Waals surface area contributed by atoms with E-state index in [4.69, 9.17) is 18.9 Å². The fourth-order valence-electron chi connectivity index (χ4n) is 5.13. The van der Waals surface area contributed by atoms with Gasteiger partial charge in [0, 0.05) is 29.3 Å². The monoisotopic (exact) mass is 550 g/mol. The van der Waals surface area contributed by atoms with E-state index in [2.05, 4.69) is 11.9 Å². The van der Waals surface area contributed by atoms with Gasteiger partial charge in [-0.1, -0.05) is 42.5 Å². The number of hydrogen-bond acceptors (Lipinski definition) is 6. The predicted octanol–water partition coefficient (Wildman–Crippen LogP) is 5.95. The Kier molecular flexibility index (Phi) is 7.65. The smallest absolute Gasteiger partial charge is 0.294 e. The maximum atomic E-state index is 13.9. The SMILES string of the molecule is C=CCNC(=O)C(=O)c1c(-c2ccccc2)c(-c2ccc(OC)c(OC)c2)c2c3cc(OC)c(OC)cc3ccn12. The second kappa shape index (κ2) is 11.5. The molecule has 0 saturated heterocycles. The summed E-state index contributed by atoms with van der Waals surface area (Å²) in [5, 5.41) is 4.30. The molecule has 3 aromatic carbocycles. The molecule has 0 aliphatic heterocycles. The second-order valence-electron chi connectivity index (χ2n) is 9.19. The number of carbonyl (C=O) groups excluding carboxylic acids is 2. The number of hydrogen-bond donors (Lipinski definition) is 1. The van der Waals surface area contributed by atoms with Gasteiger partial charge < -0.3 is 28.7 Å². The molecule has 0 atom stereocenters. The molecule has 0 aliphatic rings. The summed E-state index contributed by atoms with van der Waals surface area (Å²) in [5.74, 6) is 0.800. The molecular formula is C33H30N2O6. The lowest BCUT2D eigenvalue weighted by atomic mass is 9.93. The summed E-state index contributed by atoms with van der Waals surface area (Å²) in [7, 11) is 6.31. The highest BCUT2D eigenvalue weighted by atomic mass is 16.5. The Balaban J connectivity index is 1.99. The Morgan fingerprint density at radius 2 is 1.44 bits per heavy atom. The number of aromatic nitrogens is 1. The molecule has 0 radical (unpaired) electrons. The minimum absolute atomic E-state index is 0.164. The summed E-state index contributed by atoms with van der Waals surface area (Å²) in [6.45, 7) is 3.81. The molecular weight excluding hydrogens is 520 g/mol. The molecule has 208 valence electrons. The van der Waals surface area contributed by atoms with Gasteiger partial charge in [0.05, 0.1) is 34.0 Å². The number of carbonyl (C=O) groups is 2. The lowest BCUT2D eigenvalue weighted by Crippen LogP contribution is -2.32. The Bertz CT molecular complexity index is 1790. The molecule has 2 aromatic heterocycles. The molecule has 41 heavy (non-hydrogen) atoms. The molecule has 0 saturated carbocycles. The van der Waals surface area contributed by atoms with Crippen molar-refractivity contribution in [2.45, 2.75) is 0 Å². The van der Waals surface area contributed by atoms with E-state index in [1.165, 1.54) is 6.08 Å². The van der Waals surface area contributed by atoms with E-state index in [9.17, 15) is 9.59 Å². The molecule has 8 heteroatoms. The van der Waals surface area contributed by atoms with E-state index in [-0.39, 0.29) is 12.2 Å². The van der Waals surface area contributed by atoms with Gasteiger partial charge in [0.15, 0.2) is 23.0 Å². The van der Waals surface area contributed by atoms with E-state index in [1.54, 1.807) is 39.0 Å². The molecule has 8 nitrogen and oxygen atoms in total. The van der Waals surface area contributed by atoms with Crippen molar-refractivity contribution >= 4 is 28.0 Å². The number of benzene rings is 3. The molecule has 0 spiro atoms. The summed E-state index contributed by atoms with van der Waals surface area (Å²) in [6.07, 6.45) is 3.33. The molecule has 5 aromatic rings. The largest absolute Gasteiger partial charge is 0.493 e. The van der Waals surface area contributed by atoms with Crippen LogP contribution in [0.3, 0.4) is 0 Å². The molecule has 1 amide bonds. The van der Waals surface area contributed by atoms with Crippen LogP contribution in [0.1, 0.15) is 10.5 Å². The number of Topliss-reactive ketones (excluding diaryl/α,β-unsaturated/α-hetero) is 1. The van der Waals surface area contributed by atoms with Crippen molar-refractivity contribution in [2.75, 3.05) is 35.0 Å². The number of amides is 1. The zero-order valence-electron chi connectivity index (χ0n) is 23.3. The first kappa shape index (κ1) is 27.3. The van der Waals surface area contributed by atoms with Gasteiger partial charge in [-0.2, -0.15) is 0 Å². The quantitative estimate of drug-likeness (QED) is 0.131. The summed E-state index contributed by atoms with van der Waals surface area (Å²) in [6, 6.07) is 20.8. The van der Waals surface area contributed by atoms with Crippen LogP contribution >= 0.6 is 0 Å². The van der Waals surface area contributed by atoms with Crippen LogP contribution < -0.4 is 24.3 Å². The van der Waals surface area contributed by atoms with Crippen molar-refractivity contribution in [3.8, 4) is 45.3 Å². The van der Waals surface area contributed by atoms with Gasteiger partial charge in [0.25, 0.3) is 11.7 Å². The lowest BCUT2D eigenvalue weighted by molar-refractivity contribution is -0.116. The summed E-state index contributed by atoms with van der Waals surface area (Å²) < 4.78 is 24.1. The van der Waals surface area contributed by atoms with Crippen molar-refractivity contribution in [3.05, 3.63) is 91.3 Å². The number of nitrogens with one attached hydrogen (secondary N) is 1. The number of nitrogens with zero attached hydrogens (tertiary/aromatic N) is 1. The minimum Gasteiger partial charge on any atom is -0.493 e. The van der Waals surface area contributed by atoms with E-state index >= 15 is 0 Å². The van der Waals surface area contributed by atoms with Crippen LogP contribution in [-0.4, -0.2) is 51.1 Å².